The second-order valence-corrected chi connectivity index (χ2v) is 4.27. The zero-order chi connectivity index (χ0) is 10.7. The second-order valence-electron chi connectivity index (χ2n) is 4.27. The standard InChI is InChI=1S/C11H19N3O/c1-15-5-4-14-8-13-7-11(14)9-2-3-10(12)6-9/h7-10H,2-6,12H2,1H3/t9-,10-/m1/s1. The number of hydrogen-bond donors (Lipinski definition) is 1. The van der Waals surface area contributed by atoms with Crippen LogP contribution in [0.1, 0.15) is 30.9 Å². The van der Waals surface area contributed by atoms with E-state index in [1.807, 2.05) is 12.5 Å². The molecule has 1 aliphatic rings. The van der Waals surface area contributed by atoms with Crippen molar-refractivity contribution in [3.63, 3.8) is 0 Å². The predicted molar refractivity (Wildman–Crippen MR) is 58.7 cm³/mol. The minimum atomic E-state index is 0.376. The highest BCUT2D eigenvalue weighted by Gasteiger charge is 2.25. The molecule has 0 spiro atoms. The average Bonchev–Trinajstić information content (AvgIpc) is 2.82. The summed E-state index contributed by atoms with van der Waals surface area (Å²) in [6.45, 7) is 1.62. The Morgan fingerprint density at radius 2 is 2.47 bits per heavy atom. The van der Waals surface area contributed by atoms with Crippen molar-refractivity contribution in [2.24, 2.45) is 5.73 Å². The van der Waals surface area contributed by atoms with Gasteiger partial charge in [0.2, 0.25) is 0 Å². The molecule has 0 saturated heterocycles. The zero-order valence-electron chi connectivity index (χ0n) is 9.22. The SMILES string of the molecule is COCCn1cncc1[C@@H]1CC[C@@H](N)C1. The number of hydrogen-bond acceptors (Lipinski definition) is 3. The molecule has 15 heavy (non-hydrogen) atoms. The lowest BCUT2D eigenvalue weighted by atomic mass is 10.0. The van der Waals surface area contributed by atoms with E-state index in [-0.39, 0.29) is 0 Å². The van der Waals surface area contributed by atoms with Crippen LogP contribution in [0.3, 0.4) is 0 Å². The van der Waals surface area contributed by atoms with Crippen molar-refractivity contribution in [1.29, 1.82) is 0 Å². The normalized spacial score (nSPS) is 26.0. The Labute approximate surface area is 90.4 Å². The van der Waals surface area contributed by atoms with Crippen molar-refractivity contribution < 1.29 is 4.74 Å². The number of aromatic nitrogens is 2. The van der Waals surface area contributed by atoms with Gasteiger partial charge in [0.05, 0.1) is 12.9 Å². The highest BCUT2D eigenvalue weighted by Crippen LogP contribution is 2.33. The van der Waals surface area contributed by atoms with E-state index in [1.54, 1.807) is 7.11 Å². The van der Waals surface area contributed by atoms with E-state index in [0.29, 0.717) is 12.0 Å². The average molecular weight is 209 g/mol. The third kappa shape index (κ3) is 2.38. The largest absolute Gasteiger partial charge is 0.383 e. The van der Waals surface area contributed by atoms with E-state index in [1.165, 1.54) is 12.1 Å². The fourth-order valence-corrected chi connectivity index (χ4v) is 2.33. The molecule has 1 saturated carbocycles. The summed E-state index contributed by atoms with van der Waals surface area (Å²) in [6.07, 6.45) is 7.29. The van der Waals surface area contributed by atoms with Crippen LogP contribution in [-0.2, 0) is 11.3 Å². The van der Waals surface area contributed by atoms with E-state index in [2.05, 4.69) is 9.55 Å². The van der Waals surface area contributed by atoms with Gasteiger partial charge in [0.15, 0.2) is 0 Å². The lowest BCUT2D eigenvalue weighted by Gasteiger charge is -2.13. The van der Waals surface area contributed by atoms with Crippen LogP contribution in [-0.4, -0.2) is 29.3 Å². The van der Waals surface area contributed by atoms with Gasteiger partial charge >= 0.3 is 0 Å². The summed E-state index contributed by atoms with van der Waals surface area (Å²) in [7, 11) is 1.72. The third-order valence-electron chi connectivity index (χ3n) is 3.17. The quantitative estimate of drug-likeness (QED) is 0.808. The molecule has 0 aromatic carbocycles. The Morgan fingerprint density at radius 1 is 1.60 bits per heavy atom. The van der Waals surface area contributed by atoms with Crippen LogP contribution >= 0.6 is 0 Å². The lowest BCUT2D eigenvalue weighted by Crippen LogP contribution is -2.15. The van der Waals surface area contributed by atoms with Gasteiger partial charge in [-0.1, -0.05) is 0 Å². The highest BCUT2D eigenvalue weighted by atomic mass is 16.5. The molecule has 4 heteroatoms. The van der Waals surface area contributed by atoms with Crippen molar-refractivity contribution in [3.8, 4) is 0 Å². The van der Waals surface area contributed by atoms with Crippen molar-refractivity contribution in [3.05, 3.63) is 18.2 Å². The Morgan fingerprint density at radius 3 is 3.13 bits per heavy atom. The Hall–Kier alpha value is -0.870. The molecule has 0 bridgehead atoms. The van der Waals surface area contributed by atoms with Gasteiger partial charge in [-0.05, 0) is 19.3 Å². The Balaban J connectivity index is 2.04. The molecular formula is C11H19N3O. The molecule has 1 aromatic rings. The van der Waals surface area contributed by atoms with Gasteiger partial charge in [0, 0.05) is 37.5 Å². The number of ether oxygens (including phenoxy) is 1. The van der Waals surface area contributed by atoms with Gasteiger partial charge in [-0.25, -0.2) is 4.98 Å². The molecule has 1 aromatic heterocycles. The highest BCUT2D eigenvalue weighted by molar-refractivity contribution is 5.09. The number of rotatable bonds is 4. The molecular weight excluding hydrogens is 190 g/mol. The van der Waals surface area contributed by atoms with Crippen LogP contribution in [0.25, 0.3) is 0 Å². The van der Waals surface area contributed by atoms with Gasteiger partial charge in [-0.2, -0.15) is 0 Å². The molecule has 1 fully saturated rings. The maximum atomic E-state index is 5.93. The number of methoxy groups -OCH3 is 1. The second kappa shape index (κ2) is 4.77. The van der Waals surface area contributed by atoms with Crippen molar-refractivity contribution >= 4 is 0 Å². The van der Waals surface area contributed by atoms with E-state index < -0.39 is 0 Å². The molecule has 0 amide bonds. The van der Waals surface area contributed by atoms with Crippen LogP contribution < -0.4 is 5.73 Å². The maximum absolute atomic E-state index is 5.93. The van der Waals surface area contributed by atoms with Crippen molar-refractivity contribution in [1.82, 2.24) is 9.55 Å². The summed E-state index contributed by atoms with van der Waals surface area (Å²) in [5, 5.41) is 0. The smallest absolute Gasteiger partial charge is 0.0949 e. The molecule has 0 aliphatic heterocycles. The molecule has 0 radical (unpaired) electrons. The Kier molecular flexibility index (Phi) is 3.38. The van der Waals surface area contributed by atoms with Crippen LogP contribution in [0.4, 0.5) is 0 Å². The topological polar surface area (TPSA) is 53.1 Å². The first-order valence-corrected chi connectivity index (χ1v) is 5.56. The zero-order valence-corrected chi connectivity index (χ0v) is 9.22. The van der Waals surface area contributed by atoms with Gasteiger partial charge in [0.25, 0.3) is 0 Å². The predicted octanol–water partition coefficient (Wildman–Crippen LogP) is 1.12. The molecule has 0 unspecified atom stereocenters. The monoisotopic (exact) mass is 209 g/mol. The molecule has 1 heterocycles. The summed E-state index contributed by atoms with van der Waals surface area (Å²) in [6, 6.07) is 0.376. The number of nitrogens with two attached hydrogens (primary N) is 1. The maximum Gasteiger partial charge on any atom is 0.0949 e. The summed E-state index contributed by atoms with van der Waals surface area (Å²) >= 11 is 0. The minimum absolute atomic E-state index is 0.376. The third-order valence-corrected chi connectivity index (χ3v) is 3.17. The van der Waals surface area contributed by atoms with Crippen LogP contribution in [0, 0.1) is 0 Å². The van der Waals surface area contributed by atoms with E-state index >= 15 is 0 Å². The van der Waals surface area contributed by atoms with Gasteiger partial charge in [-0.3, -0.25) is 0 Å². The first kappa shape index (κ1) is 10.6. The van der Waals surface area contributed by atoms with Gasteiger partial charge in [0.1, 0.15) is 0 Å². The van der Waals surface area contributed by atoms with Crippen LogP contribution in [0.5, 0.6) is 0 Å². The fraction of sp³-hybridized carbons (Fsp3) is 0.727. The van der Waals surface area contributed by atoms with Crippen LogP contribution in [0.15, 0.2) is 12.5 Å². The summed E-state index contributed by atoms with van der Waals surface area (Å²) < 4.78 is 7.27. The van der Waals surface area contributed by atoms with E-state index in [9.17, 15) is 0 Å². The number of imidazole rings is 1. The lowest BCUT2D eigenvalue weighted by molar-refractivity contribution is 0.186. The molecule has 84 valence electrons. The van der Waals surface area contributed by atoms with E-state index in [0.717, 1.165) is 26.0 Å². The molecule has 2 atom stereocenters. The first-order chi connectivity index (χ1) is 7.31. The Bertz CT molecular complexity index is 311. The summed E-state index contributed by atoms with van der Waals surface area (Å²) in [5.74, 6) is 0.597. The first-order valence-electron chi connectivity index (χ1n) is 5.56. The summed E-state index contributed by atoms with van der Waals surface area (Å²) in [4.78, 5) is 4.21. The van der Waals surface area contributed by atoms with Crippen molar-refractivity contribution in [2.45, 2.75) is 37.8 Å². The van der Waals surface area contributed by atoms with Gasteiger partial charge in [-0.15, -0.1) is 0 Å². The van der Waals surface area contributed by atoms with E-state index in [4.69, 9.17) is 10.5 Å². The molecule has 1 aliphatic carbocycles. The molecule has 2 rings (SSSR count). The molecule has 4 nitrogen and oxygen atoms in total. The molecule has 2 N–H and O–H groups in total. The van der Waals surface area contributed by atoms with Crippen molar-refractivity contribution in [2.75, 3.05) is 13.7 Å². The summed E-state index contributed by atoms with van der Waals surface area (Å²) in [5.41, 5.74) is 7.25. The number of nitrogens with zero attached hydrogens (tertiary/aromatic N) is 2. The van der Waals surface area contributed by atoms with Gasteiger partial charge < -0.3 is 15.0 Å². The minimum Gasteiger partial charge on any atom is -0.383 e. The fourth-order valence-electron chi connectivity index (χ4n) is 2.33. The van der Waals surface area contributed by atoms with Crippen LogP contribution in [0.2, 0.25) is 0 Å².